The number of rotatable bonds is 10. The molecule has 2 aliphatic carbocycles. The topological polar surface area (TPSA) is 142 Å². The maximum Gasteiger partial charge on any atom is 0.435 e. The van der Waals surface area contributed by atoms with Crippen molar-refractivity contribution in [2.45, 2.75) is 37.0 Å². The summed E-state index contributed by atoms with van der Waals surface area (Å²) >= 11 is 0. The van der Waals surface area contributed by atoms with Crippen LogP contribution in [0.15, 0.2) is 73.1 Å². The van der Waals surface area contributed by atoms with Crippen LogP contribution < -0.4 is 10.0 Å². The first-order chi connectivity index (χ1) is 26.8. The number of para-hydroxylation sites is 1. The van der Waals surface area contributed by atoms with E-state index in [1.165, 1.54) is 21.6 Å². The van der Waals surface area contributed by atoms with E-state index in [0.717, 1.165) is 24.5 Å². The zero-order chi connectivity index (χ0) is 40.8. The maximum atomic E-state index is 15.6. The second-order valence-corrected chi connectivity index (χ2v) is 15.8. The fourth-order valence-electron chi connectivity index (χ4n) is 7.62. The molecule has 0 bridgehead atoms. The van der Waals surface area contributed by atoms with Crippen molar-refractivity contribution < 1.29 is 43.9 Å². The summed E-state index contributed by atoms with van der Waals surface area (Å²) in [6.45, 7) is -1.07. The van der Waals surface area contributed by atoms with E-state index in [0.29, 0.717) is 44.0 Å². The third kappa shape index (κ3) is 6.80. The minimum Gasteiger partial charge on any atom is -0.346 e. The maximum absolute atomic E-state index is 15.6. The molecular weight excluding hydrogens is 784 g/mol. The van der Waals surface area contributed by atoms with E-state index in [-0.39, 0.29) is 23.5 Å². The first-order valence-corrected chi connectivity index (χ1v) is 19.1. The molecule has 57 heavy (non-hydrogen) atoms. The Morgan fingerprint density at radius 3 is 2.37 bits per heavy atom. The number of aromatic nitrogens is 7. The van der Waals surface area contributed by atoms with E-state index in [1.54, 1.807) is 50.6 Å². The van der Waals surface area contributed by atoms with Gasteiger partial charge in [0.05, 0.1) is 41.3 Å². The van der Waals surface area contributed by atoms with Crippen molar-refractivity contribution in [2.75, 3.05) is 11.0 Å². The number of hydrogen-bond donors (Lipinski definition) is 2. The molecule has 0 radical (unpaired) electrons. The number of sulfonamides is 1. The molecule has 296 valence electrons. The average molecular weight is 814 g/mol. The van der Waals surface area contributed by atoms with Crippen molar-refractivity contribution in [3.8, 4) is 22.4 Å². The fraction of sp³-hybridized carbons (Fsp3) is 0.270. The third-order valence-corrected chi connectivity index (χ3v) is 10.5. The van der Waals surface area contributed by atoms with Gasteiger partial charge in [0.25, 0.3) is 5.92 Å². The summed E-state index contributed by atoms with van der Waals surface area (Å²) in [6, 6.07) is 9.61. The number of carbonyl (C=O) groups is 1. The van der Waals surface area contributed by atoms with Gasteiger partial charge in [0.15, 0.2) is 11.5 Å². The number of amides is 1. The Balaban J connectivity index is 1.27. The van der Waals surface area contributed by atoms with E-state index in [2.05, 4.69) is 25.3 Å². The molecule has 1 amide bonds. The van der Waals surface area contributed by atoms with Gasteiger partial charge in [0.2, 0.25) is 15.9 Å². The van der Waals surface area contributed by atoms with Crippen LogP contribution in [0.4, 0.5) is 36.6 Å². The summed E-state index contributed by atoms with van der Waals surface area (Å²) in [7, 11) is -0.522. The molecule has 20 heteroatoms. The summed E-state index contributed by atoms with van der Waals surface area (Å²) in [5, 5.41) is 15.1. The first kappa shape index (κ1) is 37.9. The van der Waals surface area contributed by atoms with Gasteiger partial charge in [-0.3, -0.25) is 23.6 Å². The van der Waals surface area contributed by atoms with Gasteiger partial charge in [-0.15, -0.1) is 0 Å². The summed E-state index contributed by atoms with van der Waals surface area (Å²) in [5.41, 5.74) is -1.05. The van der Waals surface area contributed by atoms with Crippen molar-refractivity contribution >= 4 is 32.7 Å². The Bertz CT molecular complexity index is 2740. The zero-order valence-electron chi connectivity index (χ0n) is 30.0. The number of halogens is 7. The second kappa shape index (κ2) is 13.3. The van der Waals surface area contributed by atoms with Crippen LogP contribution in [0.25, 0.3) is 33.3 Å². The normalized spacial score (nSPS) is 17.6. The number of alkyl halides is 5. The highest BCUT2D eigenvalue weighted by atomic mass is 32.2. The van der Waals surface area contributed by atoms with Crippen molar-refractivity contribution in [3.05, 3.63) is 113 Å². The number of hydrogen-bond acceptors (Lipinski definition) is 7. The lowest BCUT2D eigenvalue weighted by atomic mass is 9.81. The van der Waals surface area contributed by atoms with Crippen LogP contribution in [0.2, 0.25) is 0 Å². The van der Waals surface area contributed by atoms with Gasteiger partial charge in [-0.1, -0.05) is 30.4 Å². The largest absolute Gasteiger partial charge is 0.435 e. The number of allylic oxidation sites excluding steroid dienone is 2. The standard InChI is InChI=1S/C37H30F7N9O3S/c1-51-16-19(15-45-51)27-10-8-22(23-5-4-6-25-32(23)52(2)49-35(25)50-57(3,55)56)31(47-27)28(13-18-11-20(38)14-21(39)12-18)46-29(54)17-53-34-30(33(48-53)37(42,43)44)24-7-9-26(24)36(34,40)41/h4-12,14-16,24,26,28H,13,17H2,1-3H3,(H,46,54)(H,49,50). The molecule has 6 aromatic rings. The van der Waals surface area contributed by atoms with Gasteiger partial charge in [0.1, 0.15) is 23.9 Å². The second-order valence-electron chi connectivity index (χ2n) is 14.0. The van der Waals surface area contributed by atoms with Crippen LogP contribution in [0.5, 0.6) is 0 Å². The van der Waals surface area contributed by atoms with E-state index in [9.17, 15) is 35.2 Å². The van der Waals surface area contributed by atoms with Crippen LogP contribution in [0, 0.1) is 17.6 Å². The van der Waals surface area contributed by atoms with Gasteiger partial charge in [-0.2, -0.15) is 37.2 Å². The lowest BCUT2D eigenvalue weighted by Gasteiger charge is -2.27. The lowest BCUT2D eigenvalue weighted by molar-refractivity contribution is -0.142. The SMILES string of the molecule is Cn1cc(-c2ccc(-c3cccc4c(NS(C)(=O)=O)nn(C)c34)c(C(Cc3cc(F)cc(F)c3)NC(=O)Cn3nc(C(F)(F)F)c4c3C(F)(F)C3C=CC43)n2)cn1. The van der Waals surface area contributed by atoms with Gasteiger partial charge in [-0.25, -0.2) is 22.2 Å². The van der Waals surface area contributed by atoms with Gasteiger partial charge < -0.3 is 5.32 Å². The highest BCUT2D eigenvalue weighted by molar-refractivity contribution is 7.92. The number of nitrogens with one attached hydrogen (secondary N) is 2. The Labute approximate surface area is 319 Å². The number of fused-ring (bicyclic) bond motifs is 4. The molecule has 0 aliphatic heterocycles. The van der Waals surface area contributed by atoms with E-state index >= 15 is 8.78 Å². The Morgan fingerprint density at radius 2 is 1.74 bits per heavy atom. The number of benzene rings is 2. The van der Waals surface area contributed by atoms with Gasteiger partial charge >= 0.3 is 6.18 Å². The number of pyridine rings is 1. The molecule has 4 heterocycles. The van der Waals surface area contributed by atoms with E-state index in [1.807, 2.05) is 0 Å². The van der Waals surface area contributed by atoms with Crippen molar-refractivity contribution in [1.29, 1.82) is 0 Å². The van der Waals surface area contributed by atoms with Crippen molar-refractivity contribution in [1.82, 2.24) is 39.6 Å². The van der Waals surface area contributed by atoms with Crippen LogP contribution in [0.1, 0.15) is 40.2 Å². The first-order valence-electron chi connectivity index (χ1n) is 17.2. The molecule has 8 rings (SSSR count). The van der Waals surface area contributed by atoms with Crippen LogP contribution in [-0.2, 0) is 54.0 Å². The summed E-state index contributed by atoms with van der Waals surface area (Å²) in [5.74, 6) is -9.43. The summed E-state index contributed by atoms with van der Waals surface area (Å²) < 4.78 is 133. The molecule has 2 aliphatic rings. The molecule has 3 unspecified atom stereocenters. The van der Waals surface area contributed by atoms with Gasteiger partial charge in [0, 0.05) is 59.9 Å². The van der Waals surface area contributed by atoms with Crippen molar-refractivity contribution in [2.24, 2.45) is 20.0 Å². The minimum absolute atomic E-state index is 0.0175. The molecule has 0 saturated carbocycles. The highest BCUT2D eigenvalue weighted by Gasteiger charge is 2.61. The number of carbonyl (C=O) groups excluding carboxylic acids is 1. The third-order valence-electron chi connectivity index (χ3n) is 9.92. The molecule has 4 aromatic heterocycles. The average Bonchev–Trinajstić information content (AvgIpc) is 3.80. The quantitative estimate of drug-likeness (QED) is 0.121. The minimum atomic E-state index is -5.10. The van der Waals surface area contributed by atoms with Crippen molar-refractivity contribution in [3.63, 3.8) is 0 Å². The molecule has 2 aromatic carbocycles. The molecule has 12 nitrogen and oxygen atoms in total. The highest BCUT2D eigenvalue weighted by Crippen LogP contribution is 2.60. The van der Waals surface area contributed by atoms with Gasteiger partial charge in [-0.05, 0) is 36.2 Å². The predicted molar refractivity (Wildman–Crippen MR) is 192 cm³/mol. The number of aryl methyl sites for hydroxylation is 2. The molecular formula is C37H30F7N9O3S. The fourth-order valence-corrected chi connectivity index (χ4v) is 8.13. The molecule has 3 atom stereocenters. The zero-order valence-corrected chi connectivity index (χ0v) is 30.8. The van der Waals surface area contributed by atoms with E-state index < -0.39 is 81.0 Å². The molecule has 0 saturated heterocycles. The van der Waals surface area contributed by atoms with Crippen LogP contribution >= 0.6 is 0 Å². The number of anilines is 1. The number of nitrogens with zero attached hydrogens (tertiary/aromatic N) is 7. The monoisotopic (exact) mass is 813 g/mol. The predicted octanol–water partition coefficient (Wildman–Crippen LogP) is 6.38. The van der Waals surface area contributed by atoms with E-state index in [4.69, 9.17) is 4.98 Å². The van der Waals surface area contributed by atoms with Crippen LogP contribution in [0.3, 0.4) is 0 Å². The summed E-state index contributed by atoms with van der Waals surface area (Å²) in [4.78, 5) is 18.9. The smallest absolute Gasteiger partial charge is 0.346 e. The summed E-state index contributed by atoms with van der Waals surface area (Å²) in [6.07, 6.45) is 1.06. The van der Waals surface area contributed by atoms with Crippen LogP contribution in [-0.4, -0.2) is 54.9 Å². The lowest BCUT2D eigenvalue weighted by Crippen LogP contribution is -2.36. The molecule has 0 spiro atoms. The molecule has 0 fully saturated rings. The Kier molecular flexibility index (Phi) is 8.82. The Morgan fingerprint density at radius 1 is 1.00 bits per heavy atom. The molecule has 2 N–H and O–H groups in total. The Hall–Kier alpha value is -6.05.